The van der Waals surface area contributed by atoms with Crippen molar-refractivity contribution < 1.29 is 9.53 Å². The van der Waals surface area contributed by atoms with Gasteiger partial charge in [0.1, 0.15) is 5.82 Å². The molecule has 0 unspecified atom stereocenters. The lowest BCUT2D eigenvalue weighted by atomic mass is 9.86. The van der Waals surface area contributed by atoms with Crippen molar-refractivity contribution >= 4 is 34.9 Å². The zero-order valence-corrected chi connectivity index (χ0v) is 16.0. The lowest BCUT2D eigenvalue weighted by molar-refractivity contribution is -0.116. The molecule has 9 heteroatoms. The molecule has 0 radical (unpaired) electrons. The Morgan fingerprint density at radius 2 is 2.04 bits per heavy atom. The van der Waals surface area contributed by atoms with Gasteiger partial charge in [0.15, 0.2) is 5.82 Å². The Labute approximate surface area is 165 Å². The van der Waals surface area contributed by atoms with Gasteiger partial charge in [0.05, 0.1) is 22.8 Å². The number of anilines is 1. The maximum Gasteiger partial charge on any atom is 0.233 e. The van der Waals surface area contributed by atoms with Crippen molar-refractivity contribution in [3.8, 4) is 11.7 Å². The van der Waals surface area contributed by atoms with Gasteiger partial charge in [0.2, 0.25) is 11.8 Å². The first-order chi connectivity index (χ1) is 13.0. The van der Waals surface area contributed by atoms with Crippen LogP contribution < -0.4 is 10.1 Å². The molecular formula is C18H15Cl2N5O2. The number of carbonyl (C=O) groups is 1. The van der Waals surface area contributed by atoms with Crippen LogP contribution in [-0.2, 0) is 4.79 Å². The summed E-state index contributed by atoms with van der Waals surface area (Å²) >= 11 is 12.6. The molecule has 3 heterocycles. The quantitative estimate of drug-likeness (QED) is 0.719. The van der Waals surface area contributed by atoms with Crippen LogP contribution in [0.5, 0.6) is 5.88 Å². The molecule has 1 atom stereocenters. The molecule has 0 saturated carbocycles. The fraction of sp³-hybridized carbons (Fsp3) is 0.222. The Balaban J connectivity index is 1.87. The van der Waals surface area contributed by atoms with Crippen LogP contribution >= 0.6 is 23.2 Å². The zero-order valence-electron chi connectivity index (χ0n) is 14.5. The van der Waals surface area contributed by atoms with Gasteiger partial charge >= 0.3 is 0 Å². The number of nitrogens with zero attached hydrogens (tertiary/aromatic N) is 4. The van der Waals surface area contributed by atoms with E-state index in [1.165, 1.54) is 7.11 Å². The third-order valence-corrected chi connectivity index (χ3v) is 5.35. The molecule has 2 aromatic heterocycles. The Hall–Kier alpha value is -2.64. The van der Waals surface area contributed by atoms with Crippen molar-refractivity contribution in [3.63, 3.8) is 0 Å². The van der Waals surface area contributed by atoms with Gasteiger partial charge in [0, 0.05) is 24.0 Å². The van der Waals surface area contributed by atoms with Crippen LogP contribution in [0, 0.1) is 6.92 Å². The van der Waals surface area contributed by atoms with Gasteiger partial charge in [-0.25, -0.2) is 0 Å². The first-order valence-electron chi connectivity index (χ1n) is 8.21. The second-order valence-corrected chi connectivity index (χ2v) is 6.93. The van der Waals surface area contributed by atoms with Crippen LogP contribution in [0.4, 0.5) is 5.82 Å². The van der Waals surface area contributed by atoms with Crippen LogP contribution in [-0.4, -0.2) is 33.0 Å². The van der Waals surface area contributed by atoms with Gasteiger partial charge in [-0.05, 0) is 24.6 Å². The van der Waals surface area contributed by atoms with Crippen molar-refractivity contribution in [2.75, 3.05) is 12.4 Å². The normalized spacial score (nSPS) is 16.0. The first-order valence-corrected chi connectivity index (χ1v) is 8.96. The fourth-order valence-corrected chi connectivity index (χ4v) is 3.74. The van der Waals surface area contributed by atoms with Crippen LogP contribution in [0.15, 0.2) is 30.3 Å². The van der Waals surface area contributed by atoms with E-state index in [0.717, 1.165) is 16.8 Å². The van der Waals surface area contributed by atoms with E-state index in [2.05, 4.69) is 20.6 Å². The largest absolute Gasteiger partial charge is 0.480 e. The molecule has 0 fully saturated rings. The van der Waals surface area contributed by atoms with Gasteiger partial charge in [-0.1, -0.05) is 35.3 Å². The summed E-state index contributed by atoms with van der Waals surface area (Å²) in [7, 11) is 1.52. The summed E-state index contributed by atoms with van der Waals surface area (Å²) in [5.74, 6) is 1.04. The number of benzene rings is 1. The highest BCUT2D eigenvalue weighted by Gasteiger charge is 2.34. The molecule has 1 aliphatic rings. The monoisotopic (exact) mass is 403 g/mol. The molecular weight excluding hydrogens is 389 g/mol. The fourth-order valence-electron chi connectivity index (χ4n) is 3.30. The number of fused-ring (bicyclic) bond motifs is 1. The van der Waals surface area contributed by atoms with Gasteiger partial charge < -0.3 is 10.1 Å². The van der Waals surface area contributed by atoms with Gasteiger partial charge in [-0.3, -0.25) is 4.79 Å². The molecule has 0 aliphatic carbocycles. The summed E-state index contributed by atoms with van der Waals surface area (Å²) in [6.45, 7) is 1.88. The molecule has 7 nitrogen and oxygen atoms in total. The standard InChI is InChI=1S/C18H15Cl2N5O2/c1-9-16-11(10-4-3-5-12(19)17(10)20)8-14(26)21-18(16)25(24-9)13-6-7-15(27-2)23-22-13/h3-7,11H,8H2,1-2H3,(H,21,26)/t11-/m1/s1. The van der Waals surface area contributed by atoms with Crippen LogP contribution in [0.1, 0.15) is 29.2 Å². The highest BCUT2D eigenvalue weighted by molar-refractivity contribution is 6.42. The van der Waals surface area contributed by atoms with Crippen molar-refractivity contribution in [2.24, 2.45) is 0 Å². The van der Waals surface area contributed by atoms with E-state index in [1.807, 2.05) is 19.1 Å². The lowest BCUT2D eigenvalue weighted by Crippen LogP contribution is -2.25. The summed E-state index contributed by atoms with van der Waals surface area (Å²) in [5, 5.41) is 16.4. The number of carbonyl (C=O) groups excluding carboxylic acids is 1. The maximum atomic E-state index is 12.4. The van der Waals surface area contributed by atoms with E-state index in [9.17, 15) is 4.79 Å². The van der Waals surface area contributed by atoms with Gasteiger partial charge in [-0.2, -0.15) is 9.78 Å². The van der Waals surface area contributed by atoms with E-state index in [-0.39, 0.29) is 18.2 Å². The summed E-state index contributed by atoms with van der Waals surface area (Å²) in [4.78, 5) is 12.4. The van der Waals surface area contributed by atoms with E-state index in [4.69, 9.17) is 27.9 Å². The molecule has 3 aromatic rings. The molecule has 1 aromatic carbocycles. The predicted octanol–water partition coefficient (Wildman–Crippen LogP) is 3.76. The van der Waals surface area contributed by atoms with E-state index in [1.54, 1.807) is 22.9 Å². The van der Waals surface area contributed by atoms with Gasteiger partial charge in [-0.15, -0.1) is 10.2 Å². The summed E-state index contributed by atoms with van der Waals surface area (Å²) in [5.41, 5.74) is 2.45. The molecule has 0 bridgehead atoms. The number of hydrogen-bond donors (Lipinski definition) is 1. The number of aromatic nitrogens is 4. The molecule has 0 saturated heterocycles. The second-order valence-electron chi connectivity index (χ2n) is 6.14. The number of methoxy groups -OCH3 is 1. The zero-order chi connectivity index (χ0) is 19.1. The molecule has 138 valence electrons. The topological polar surface area (TPSA) is 81.9 Å². The smallest absolute Gasteiger partial charge is 0.233 e. The number of halogens is 2. The number of nitrogens with one attached hydrogen (secondary N) is 1. The minimum absolute atomic E-state index is 0.133. The summed E-state index contributed by atoms with van der Waals surface area (Å²) in [6.07, 6.45) is 0.258. The van der Waals surface area contributed by atoms with Crippen molar-refractivity contribution in [1.82, 2.24) is 20.0 Å². The molecule has 27 heavy (non-hydrogen) atoms. The average molecular weight is 404 g/mol. The average Bonchev–Trinajstić information content (AvgIpc) is 3.00. The van der Waals surface area contributed by atoms with Crippen molar-refractivity contribution in [3.05, 3.63) is 57.2 Å². The summed E-state index contributed by atoms with van der Waals surface area (Å²) < 4.78 is 6.61. The number of amides is 1. The maximum absolute atomic E-state index is 12.4. The highest BCUT2D eigenvalue weighted by Crippen LogP contribution is 2.43. The van der Waals surface area contributed by atoms with Crippen molar-refractivity contribution in [2.45, 2.75) is 19.3 Å². The van der Waals surface area contributed by atoms with Crippen LogP contribution in [0.25, 0.3) is 5.82 Å². The SMILES string of the molecule is COc1ccc(-n2nc(C)c3c2NC(=O)C[C@@H]3c2cccc(Cl)c2Cl)nn1. The number of hydrogen-bond acceptors (Lipinski definition) is 5. The lowest BCUT2D eigenvalue weighted by Gasteiger charge is -2.25. The Morgan fingerprint density at radius 3 is 2.74 bits per heavy atom. The predicted molar refractivity (Wildman–Crippen MR) is 102 cm³/mol. The molecule has 4 rings (SSSR count). The third kappa shape index (κ3) is 3.02. The van der Waals surface area contributed by atoms with E-state index < -0.39 is 0 Å². The van der Waals surface area contributed by atoms with Crippen molar-refractivity contribution in [1.29, 1.82) is 0 Å². The minimum atomic E-state index is -0.250. The number of rotatable bonds is 3. The Kier molecular flexibility index (Phi) is 4.49. The highest BCUT2D eigenvalue weighted by atomic mass is 35.5. The van der Waals surface area contributed by atoms with E-state index in [0.29, 0.717) is 27.6 Å². The van der Waals surface area contributed by atoms with Gasteiger partial charge in [0.25, 0.3) is 0 Å². The molecule has 0 spiro atoms. The number of aryl methyl sites for hydroxylation is 1. The molecule has 1 aliphatic heterocycles. The van der Waals surface area contributed by atoms with Crippen LogP contribution in [0.3, 0.4) is 0 Å². The Morgan fingerprint density at radius 1 is 1.22 bits per heavy atom. The molecule has 1 N–H and O–H groups in total. The van der Waals surface area contributed by atoms with E-state index >= 15 is 0 Å². The molecule has 1 amide bonds. The first kappa shape index (κ1) is 17.8. The minimum Gasteiger partial charge on any atom is -0.480 e. The Bertz CT molecular complexity index is 1030. The van der Waals surface area contributed by atoms with Crippen LogP contribution in [0.2, 0.25) is 10.0 Å². The summed E-state index contributed by atoms with van der Waals surface area (Å²) in [6, 6.07) is 8.83. The number of ether oxygens (including phenoxy) is 1. The third-order valence-electron chi connectivity index (χ3n) is 4.51. The second kappa shape index (κ2) is 6.83.